The zero-order chi connectivity index (χ0) is 22.2. The van der Waals surface area contributed by atoms with E-state index in [-0.39, 0.29) is 11.5 Å². The minimum absolute atomic E-state index is 0.0253. The van der Waals surface area contributed by atoms with Crippen LogP contribution in [0, 0.1) is 6.92 Å². The van der Waals surface area contributed by atoms with E-state index >= 15 is 0 Å². The van der Waals surface area contributed by atoms with Crippen LogP contribution in [0.5, 0.6) is 0 Å². The highest BCUT2D eigenvalue weighted by Gasteiger charge is 2.34. The summed E-state index contributed by atoms with van der Waals surface area (Å²) >= 11 is 6.06. The lowest BCUT2D eigenvalue weighted by Crippen LogP contribution is -2.10. The number of halogens is 4. The fraction of sp³-hybridized carbons (Fsp3) is 0.0870. The third-order valence-electron chi connectivity index (χ3n) is 4.71. The Morgan fingerprint density at radius 3 is 2.26 bits per heavy atom. The van der Waals surface area contributed by atoms with Crippen LogP contribution < -0.4 is 5.73 Å². The summed E-state index contributed by atoms with van der Waals surface area (Å²) in [5.41, 5.74) is 8.03. The van der Waals surface area contributed by atoms with Crippen molar-refractivity contribution in [1.82, 2.24) is 15.0 Å². The molecule has 0 spiro atoms. The van der Waals surface area contributed by atoms with Gasteiger partial charge in [0.25, 0.3) is 0 Å². The summed E-state index contributed by atoms with van der Waals surface area (Å²) in [6.45, 7) is 1.78. The number of aromatic nitrogens is 3. The van der Waals surface area contributed by atoms with Crippen LogP contribution in [0.3, 0.4) is 0 Å². The number of pyridine rings is 1. The average molecular weight is 441 g/mol. The molecule has 0 atom stereocenters. The Morgan fingerprint density at radius 1 is 0.839 bits per heavy atom. The Bertz CT molecular complexity index is 1250. The van der Waals surface area contributed by atoms with E-state index < -0.39 is 11.9 Å². The van der Waals surface area contributed by atoms with E-state index in [1.54, 1.807) is 61.7 Å². The van der Waals surface area contributed by atoms with Gasteiger partial charge in [-0.05, 0) is 54.4 Å². The van der Waals surface area contributed by atoms with Crippen LogP contribution >= 0.6 is 11.6 Å². The van der Waals surface area contributed by atoms with Crippen LogP contribution in [-0.2, 0) is 6.18 Å². The van der Waals surface area contributed by atoms with E-state index in [9.17, 15) is 13.2 Å². The van der Waals surface area contributed by atoms with E-state index in [0.717, 1.165) is 22.8 Å². The van der Waals surface area contributed by atoms with Gasteiger partial charge in [0.15, 0.2) is 5.82 Å². The molecular weight excluding hydrogens is 425 g/mol. The summed E-state index contributed by atoms with van der Waals surface area (Å²) in [6, 6.07) is 16.3. The zero-order valence-electron chi connectivity index (χ0n) is 16.3. The zero-order valence-corrected chi connectivity index (χ0v) is 17.0. The number of rotatable bonds is 3. The number of nitrogen functional groups attached to an aromatic ring is 1. The lowest BCUT2D eigenvalue weighted by atomic mass is 10.0. The lowest BCUT2D eigenvalue weighted by molar-refractivity contribution is -0.141. The summed E-state index contributed by atoms with van der Waals surface area (Å²) in [5, 5.41) is 0.527. The van der Waals surface area contributed by atoms with Crippen LogP contribution in [0.4, 0.5) is 19.0 Å². The number of benzene rings is 2. The van der Waals surface area contributed by atoms with Gasteiger partial charge in [-0.25, -0.2) is 15.0 Å². The van der Waals surface area contributed by atoms with Gasteiger partial charge in [-0.1, -0.05) is 35.9 Å². The smallest absolute Gasteiger partial charge is 0.384 e. The highest BCUT2D eigenvalue weighted by molar-refractivity contribution is 6.31. The molecule has 4 aromatic rings. The summed E-state index contributed by atoms with van der Waals surface area (Å²) in [4.78, 5) is 12.3. The molecule has 4 nitrogen and oxygen atoms in total. The number of hydrogen-bond donors (Lipinski definition) is 1. The standard InChI is InChI=1S/C23H16ClF3N4/c1-13-9-15(5-7-18(13)24)19-11-20(23(25,26)27)31-22(30-19)16-4-2-3-14(10-16)17-6-8-21(28)29-12-17/h2-12H,1H3,(H2,28,29). The second kappa shape index (κ2) is 8.00. The number of anilines is 1. The van der Waals surface area contributed by atoms with Crippen LogP contribution in [0.1, 0.15) is 11.3 Å². The first-order chi connectivity index (χ1) is 14.7. The largest absolute Gasteiger partial charge is 0.433 e. The van der Waals surface area contributed by atoms with Crippen molar-refractivity contribution in [3.8, 4) is 33.8 Å². The average Bonchev–Trinajstić information content (AvgIpc) is 2.75. The molecular formula is C23H16ClF3N4. The van der Waals surface area contributed by atoms with Crippen molar-refractivity contribution in [1.29, 1.82) is 0 Å². The Balaban J connectivity index is 1.85. The maximum atomic E-state index is 13.6. The SMILES string of the molecule is Cc1cc(-c2cc(C(F)(F)F)nc(-c3cccc(-c4ccc(N)nc4)c3)n2)ccc1Cl. The minimum Gasteiger partial charge on any atom is -0.384 e. The number of alkyl halides is 3. The minimum atomic E-state index is -4.62. The van der Waals surface area contributed by atoms with Crippen LogP contribution in [0.2, 0.25) is 5.02 Å². The number of nitrogens with zero attached hydrogens (tertiary/aromatic N) is 3. The summed E-state index contributed by atoms with van der Waals surface area (Å²) in [5.74, 6) is 0.353. The molecule has 4 rings (SSSR count). The van der Waals surface area contributed by atoms with Crippen molar-refractivity contribution in [2.24, 2.45) is 0 Å². The van der Waals surface area contributed by atoms with Crippen molar-refractivity contribution in [2.45, 2.75) is 13.1 Å². The monoisotopic (exact) mass is 440 g/mol. The molecule has 8 heteroatoms. The summed E-state index contributed by atoms with van der Waals surface area (Å²) < 4.78 is 40.7. The van der Waals surface area contributed by atoms with Crippen molar-refractivity contribution >= 4 is 17.4 Å². The molecule has 156 valence electrons. The second-order valence-electron chi connectivity index (χ2n) is 6.98. The van der Waals surface area contributed by atoms with E-state index in [0.29, 0.717) is 22.0 Å². The molecule has 0 unspecified atom stereocenters. The van der Waals surface area contributed by atoms with Crippen LogP contribution in [0.25, 0.3) is 33.8 Å². The Labute approximate surface area is 181 Å². The third kappa shape index (κ3) is 4.51. The number of nitrogens with two attached hydrogens (primary N) is 1. The molecule has 0 radical (unpaired) electrons. The predicted molar refractivity (Wildman–Crippen MR) is 115 cm³/mol. The Kier molecular flexibility index (Phi) is 5.37. The molecule has 0 aliphatic carbocycles. The first-order valence-corrected chi connectivity index (χ1v) is 9.63. The fourth-order valence-electron chi connectivity index (χ4n) is 3.09. The molecule has 2 aromatic heterocycles. The van der Waals surface area contributed by atoms with Gasteiger partial charge in [0, 0.05) is 27.9 Å². The fourth-order valence-corrected chi connectivity index (χ4v) is 3.20. The predicted octanol–water partition coefficient (Wildman–Crippen LogP) is 6.44. The second-order valence-corrected chi connectivity index (χ2v) is 7.38. The summed E-state index contributed by atoms with van der Waals surface area (Å²) in [7, 11) is 0. The van der Waals surface area contributed by atoms with Crippen molar-refractivity contribution in [2.75, 3.05) is 5.73 Å². The maximum Gasteiger partial charge on any atom is 0.433 e. The quantitative estimate of drug-likeness (QED) is 0.398. The van der Waals surface area contributed by atoms with Gasteiger partial charge in [0.05, 0.1) is 5.69 Å². The summed E-state index contributed by atoms with van der Waals surface area (Å²) in [6.07, 6.45) is -3.02. The molecule has 0 bridgehead atoms. The van der Waals surface area contributed by atoms with Gasteiger partial charge in [-0.3, -0.25) is 0 Å². The van der Waals surface area contributed by atoms with Gasteiger partial charge in [0.2, 0.25) is 0 Å². The highest BCUT2D eigenvalue weighted by atomic mass is 35.5. The number of aryl methyl sites for hydroxylation is 1. The Hall–Kier alpha value is -3.45. The lowest BCUT2D eigenvalue weighted by Gasteiger charge is -2.12. The molecule has 0 saturated carbocycles. The van der Waals surface area contributed by atoms with E-state index in [1.807, 2.05) is 6.07 Å². The van der Waals surface area contributed by atoms with Gasteiger partial charge < -0.3 is 5.73 Å². The van der Waals surface area contributed by atoms with Crippen molar-refractivity contribution in [3.05, 3.63) is 83.1 Å². The van der Waals surface area contributed by atoms with E-state index in [1.165, 1.54) is 0 Å². The third-order valence-corrected chi connectivity index (χ3v) is 5.13. The molecule has 0 saturated heterocycles. The normalized spacial score (nSPS) is 11.5. The molecule has 0 aliphatic rings. The van der Waals surface area contributed by atoms with Crippen LogP contribution in [-0.4, -0.2) is 15.0 Å². The van der Waals surface area contributed by atoms with Crippen LogP contribution in [0.15, 0.2) is 66.9 Å². The van der Waals surface area contributed by atoms with Crippen molar-refractivity contribution in [3.63, 3.8) is 0 Å². The van der Waals surface area contributed by atoms with Gasteiger partial charge in [0.1, 0.15) is 11.5 Å². The van der Waals surface area contributed by atoms with Gasteiger partial charge >= 0.3 is 6.18 Å². The first kappa shape index (κ1) is 20.8. The van der Waals surface area contributed by atoms with Gasteiger partial charge in [-0.2, -0.15) is 13.2 Å². The topological polar surface area (TPSA) is 64.7 Å². The maximum absolute atomic E-state index is 13.6. The Morgan fingerprint density at radius 2 is 1.58 bits per heavy atom. The highest BCUT2D eigenvalue weighted by Crippen LogP contribution is 2.34. The molecule has 2 N–H and O–H groups in total. The van der Waals surface area contributed by atoms with Crippen molar-refractivity contribution < 1.29 is 13.2 Å². The first-order valence-electron chi connectivity index (χ1n) is 9.26. The molecule has 0 amide bonds. The molecule has 2 aromatic carbocycles. The molecule has 0 fully saturated rings. The number of hydrogen-bond acceptors (Lipinski definition) is 4. The molecule has 0 aliphatic heterocycles. The van der Waals surface area contributed by atoms with Gasteiger partial charge in [-0.15, -0.1) is 0 Å². The molecule has 31 heavy (non-hydrogen) atoms. The molecule has 2 heterocycles. The van der Waals surface area contributed by atoms with E-state index in [2.05, 4.69) is 15.0 Å². The van der Waals surface area contributed by atoms with E-state index in [4.69, 9.17) is 17.3 Å².